The van der Waals surface area contributed by atoms with Gasteiger partial charge in [0.15, 0.2) is 0 Å². The van der Waals surface area contributed by atoms with Gasteiger partial charge >= 0.3 is 0 Å². The van der Waals surface area contributed by atoms with Gasteiger partial charge in [0.1, 0.15) is 16.4 Å². The molecule has 2 aromatic rings. The van der Waals surface area contributed by atoms with E-state index in [2.05, 4.69) is 65.8 Å². The molecule has 1 aliphatic heterocycles. The highest BCUT2D eigenvalue weighted by Crippen LogP contribution is 2.62. The Balaban J connectivity index is 2.36. The van der Waals surface area contributed by atoms with Crippen molar-refractivity contribution in [3.05, 3.63) is 59.7 Å². The van der Waals surface area contributed by atoms with Crippen LogP contribution in [0, 0.1) is 16.7 Å². The summed E-state index contributed by atoms with van der Waals surface area (Å²) in [4.78, 5) is -0.623. The molecule has 1 nitrogen and oxygen atoms in total. The van der Waals surface area contributed by atoms with Crippen molar-refractivity contribution >= 4 is 11.6 Å². The third-order valence-electron chi connectivity index (χ3n) is 4.91. The lowest BCUT2D eigenvalue weighted by Crippen LogP contribution is -2.47. The average Bonchev–Trinajstić information content (AvgIpc) is 2.44. The average molecular weight is 343 g/mol. The second kappa shape index (κ2) is 5.52. The van der Waals surface area contributed by atoms with Gasteiger partial charge in [0, 0.05) is 11.1 Å². The van der Waals surface area contributed by atoms with Crippen LogP contribution in [0.1, 0.15) is 52.7 Å². The maximum atomic E-state index is 7.59. The van der Waals surface area contributed by atoms with Crippen LogP contribution in [-0.2, 0) is 4.87 Å². The van der Waals surface area contributed by atoms with Gasteiger partial charge in [0.05, 0.1) is 0 Å². The molecule has 0 saturated carbocycles. The van der Waals surface area contributed by atoms with Gasteiger partial charge in [0.25, 0.3) is 0 Å². The van der Waals surface area contributed by atoms with Gasteiger partial charge in [-0.2, -0.15) is 0 Å². The molecule has 3 rings (SSSR count). The maximum Gasteiger partial charge on any atom is 0.132 e. The molecule has 2 heteroatoms. The Morgan fingerprint density at radius 3 is 1.50 bits per heavy atom. The van der Waals surface area contributed by atoms with Gasteiger partial charge in [-0.05, 0) is 28.9 Å². The summed E-state index contributed by atoms with van der Waals surface area (Å²) in [7, 11) is 0. The molecular weight excluding hydrogens is 316 g/mol. The van der Waals surface area contributed by atoms with E-state index in [1.807, 2.05) is 24.3 Å². The molecule has 0 aromatic heterocycles. The molecule has 0 bridgehead atoms. The second-order valence-corrected chi connectivity index (χ2v) is 9.57. The minimum Gasteiger partial charge on any atom is -0.457 e. The molecule has 0 aliphatic carbocycles. The van der Waals surface area contributed by atoms with Gasteiger partial charge in [-0.25, -0.2) is 0 Å². The van der Waals surface area contributed by atoms with Crippen molar-refractivity contribution in [3.63, 3.8) is 0 Å². The Bertz CT molecular complexity index is 690. The molecule has 1 aliphatic rings. The Morgan fingerprint density at radius 1 is 0.750 bits per heavy atom. The Hall–Kier alpha value is -1.47. The van der Waals surface area contributed by atoms with E-state index in [9.17, 15) is 0 Å². The van der Waals surface area contributed by atoms with Gasteiger partial charge in [-0.1, -0.05) is 77.9 Å². The van der Waals surface area contributed by atoms with Gasteiger partial charge in [-0.15, -0.1) is 11.6 Å². The lowest BCUT2D eigenvalue weighted by Gasteiger charge is -2.52. The van der Waals surface area contributed by atoms with E-state index in [-0.39, 0.29) is 16.7 Å². The summed E-state index contributed by atoms with van der Waals surface area (Å²) in [5.74, 6) is 1.94. The van der Waals surface area contributed by atoms with E-state index in [1.54, 1.807) is 0 Å². The Labute approximate surface area is 151 Å². The number of hydrogen-bond acceptors (Lipinski definition) is 1. The fraction of sp³-hybridized carbons (Fsp3) is 0.455. The predicted octanol–water partition coefficient (Wildman–Crippen LogP) is 6.98. The zero-order valence-corrected chi connectivity index (χ0v) is 16.2. The van der Waals surface area contributed by atoms with Crippen LogP contribution in [0.2, 0.25) is 0 Å². The number of benzene rings is 2. The van der Waals surface area contributed by atoms with Crippen LogP contribution in [0.5, 0.6) is 11.5 Å². The highest BCUT2D eigenvalue weighted by atomic mass is 35.5. The van der Waals surface area contributed by atoms with Crippen LogP contribution >= 0.6 is 11.6 Å². The third-order valence-corrected chi connectivity index (χ3v) is 5.53. The number of ether oxygens (including phenoxy) is 1. The van der Waals surface area contributed by atoms with Crippen molar-refractivity contribution in [2.75, 3.05) is 0 Å². The van der Waals surface area contributed by atoms with E-state index in [4.69, 9.17) is 16.3 Å². The molecule has 0 spiro atoms. The maximum absolute atomic E-state index is 7.59. The highest BCUT2D eigenvalue weighted by molar-refractivity contribution is 6.27. The molecule has 0 unspecified atom stereocenters. The van der Waals surface area contributed by atoms with Crippen molar-refractivity contribution in [1.29, 1.82) is 0 Å². The van der Waals surface area contributed by atoms with Crippen LogP contribution in [-0.4, -0.2) is 0 Å². The minimum absolute atomic E-state index is 0.0254. The number of fused-ring (bicyclic) bond motifs is 2. The fourth-order valence-electron chi connectivity index (χ4n) is 4.78. The smallest absolute Gasteiger partial charge is 0.132 e. The molecule has 1 heterocycles. The molecule has 128 valence electrons. The SMILES string of the molecule is CC(C)(C)C(C(C)(C)C)C1(Cl)c2ccccc2Oc2ccccc21. The van der Waals surface area contributed by atoms with Crippen LogP contribution in [0.4, 0.5) is 0 Å². The number of alkyl halides is 1. The standard InChI is InChI=1S/C22H27ClO/c1-20(2,3)19(21(4,5)6)22(23)15-11-7-9-13-17(15)24-18-14-10-8-12-16(18)22/h7-14,19H,1-6H3. The normalized spacial score (nSPS) is 16.3. The van der Waals surface area contributed by atoms with Crippen molar-refractivity contribution < 1.29 is 4.74 Å². The Morgan fingerprint density at radius 2 is 1.12 bits per heavy atom. The first kappa shape index (κ1) is 17.4. The largest absolute Gasteiger partial charge is 0.457 e. The van der Waals surface area contributed by atoms with E-state index >= 15 is 0 Å². The quantitative estimate of drug-likeness (QED) is 0.508. The van der Waals surface area contributed by atoms with E-state index in [1.165, 1.54) is 0 Å². The van der Waals surface area contributed by atoms with Crippen molar-refractivity contribution in [2.45, 2.75) is 46.4 Å². The van der Waals surface area contributed by atoms with Crippen molar-refractivity contribution in [2.24, 2.45) is 16.7 Å². The van der Waals surface area contributed by atoms with Crippen LogP contribution in [0.25, 0.3) is 0 Å². The summed E-state index contributed by atoms with van der Waals surface area (Å²) in [5, 5.41) is 0. The fourth-order valence-corrected chi connectivity index (χ4v) is 5.75. The third kappa shape index (κ3) is 2.63. The summed E-state index contributed by atoms with van der Waals surface area (Å²) in [6, 6.07) is 16.4. The molecule has 0 radical (unpaired) electrons. The number of hydrogen-bond donors (Lipinski definition) is 0. The lowest BCUT2D eigenvalue weighted by atomic mass is 9.57. The number of halogens is 1. The monoisotopic (exact) mass is 342 g/mol. The summed E-state index contributed by atoms with van der Waals surface area (Å²) < 4.78 is 6.16. The Kier molecular flexibility index (Phi) is 3.99. The van der Waals surface area contributed by atoms with Crippen molar-refractivity contribution in [3.8, 4) is 11.5 Å². The molecule has 0 atom stereocenters. The topological polar surface area (TPSA) is 9.23 Å². The zero-order chi connectivity index (χ0) is 17.8. The zero-order valence-electron chi connectivity index (χ0n) is 15.5. The van der Waals surface area contributed by atoms with E-state index in [0.717, 1.165) is 22.6 Å². The summed E-state index contributed by atoms with van der Waals surface area (Å²) in [6.45, 7) is 13.7. The highest BCUT2D eigenvalue weighted by Gasteiger charge is 2.54. The summed E-state index contributed by atoms with van der Waals surface area (Å²) in [6.07, 6.45) is 0. The molecule has 0 fully saturated rings. The molecule has 0 N–H and O–H groups in total. The molecule has 0 saturated heterocycles. The first-order chi connectivity index (χ1) is 11.1. The van der Waals surface area contributed by atoms with Gasteiger partial charge in [0.2, 0.25) is 0 Å². The van der Waals surface area contributed by atoms with Crippen molar-refractivity contribution in [1.82, 2.24) is 0 Å². The predicted molar refractivity (Wildman–Crippen MR) is 102 cm³/mol. The molecule has 0 amide bonds. The van der Waals surface area contributed by atoms with Crippen LogP contribution in [0.15, 0.2) is 48.5 Å². The van der Waals surface area contributed by atoms with Gasteiger partial charge in [-0.3, -0.25) is 0 Å². The lowest BCUT2D eigenvalue weighted by molar-refractivity contribution is 0.0665. The van der Waals surface area contributed by atoms with E-state index in [0.29, 0.717) is 0 Å². The summed E-state index contributed by atoms with van der Waals surface area (Å²) in [5.41, 5.74) is 2.19. The number of para-hydroxylation sites is 2. The number of rotatable bonds is 1. The first-order valence-corrected chi connectivity index (χ1v) is 9.00. The molecule has 24 heavy (non-hydrogen) atoms. The van der Waals surface area contributed by atoms with Crippen LogP contribution in [0.3, 0.4) is 0 Å². The minimum atomic E-state index is -0.623. The molecular formula is C22H27ClO. The summed E-state index contributed by atoms with van der Waals surface area (Å²) >= 11 is 7.59. The first-order valence-electron chi connectivity index (χ1n) is 8.62. The molecule has 2 aromatic carbocycles. The van der Waals surface area contributed by atoms with Crippen LogP contribution < -0.4 is 4.74 Å². The van der Waals surface area contributed by atoms with Gasteiger partial charge < -0.3 is 4.74 Å². The van der Waals surface area contributed by atoms with E-state index < -0.39 is 4.87 Å². The second-order valence-electron chi connectivity index (χ2n) is 8.97.